The Balaban J connectivity index is 2.42. The van der Waals surface area contributed by atoms with Gasteiger partial charge in [-0.3, -0.25) is 19.2 Å². The molecule has 0 bridgehead atoms. The van der Waals surface area contributed by atoms with Gasteiger partial charge in [0.25, 0.3) is 0 Å². The molecule has 0 aromatic heterocycles. The number of benzene rings is 1. The molecular formula is C21H26O11. The summed E-state index contributed by atoms with van der Waals surface area (Å²) in [5.74, 6) is -1.83. The van der Waals surface area contributed by atoms with Crippen LogP contribution in [0, 0.1) is 0 Å². The molecule has 11 heteroatoms. The first-order chi connectivity index (χ1) is 15.1. The summed E-state index contributed by atoms with van der Waals surface area (Å²) in [5, 5.41) is 0. The van der Waals surface area contributed by atoms with Gasteiger partial charge in [0.1, 0.15) is 24.2 Å². The highest BCUT2D eigenvalue weighted by atomic mass is 16.7. The summed E-state index contributed by atoms with van der Waals surface area (Å²) in [6, 6.07) is 6.46. The summed E-state index contributed by atoms with van der Waals surface area (Å²) in [7, 11) is 1.51. The van der Waals surface area contributed by atoms with E-state index >= 15 is 0 Å². The van der Waals surface area contributed by atoms with Crippen molar-refractivity contribution in [2.75, 3.05) is 13.7 Å². The fourth-order valence-corrected chi connectivity index (χ4v) is 3.07. The van der Waals surface area contributed by atoms with Crippen molar-refractivity contribution in [3.63, 3.8) is 0 Å². The van der Waals surface area contributed by atoms with Gasteiger partial charge in [0.2, 0.25) is 12.4 Å². The molecule has 1 aliphatic rings. The lowest BCUT2D eigenvalue weighted by atomic mass is 9.98. The summed E-state index contributed by atoms with van der Waals surface area (Å²) in [5.41, 5.74) is 0. The number of hydrogen-bond donors (Lipinski definition) is 0. The Morgan fingerprint density at radius 3 is 1.75 bits per heavy atom. The van der Waals surface area contributed by atoms with Gasteiger partial charge in [0, 0.05) is 27.7 Å². The maximum absolute atomic E-state index is 11.8. The summed E-state index contributed by atoms with van der Waals surface area (Å²) < 4.78 is 37.8. The number of ether oxygens (including phenoxy) is 7. The monoisotopic (exact) mass is 454 g/mol. The van der Waals surface area contributed by atoms with E-state index in [2.05, 4.69) is 0 Å². The van der Waals surface area contributed by atoms with Gasteiger partial charge in [-0.05, 0) is 24.3 Å². The van der Waals surface area contributed by atoms with Crippen LogP contribution in [0.1, 0.15) is 27.7 Å². The van der Waals surface area contributed by atoms with E-state index in [1.54, 1.807) is 24.3 Å². The maximum atomic E-state index is 11.8. The quantitative estimate of drug-likeness (QED) is 0.414. The second-order valence-electron chi connectivity index (χ2n) is 6.86. The van der Waals surface area contributed by atoms with Crippen LogP contribution < -0.4 is 9.47 Å². The Morgan fingerprint density at radius 1 is 0.750 bits per heavy atom. The lowest BCUT2D eigenvalue weighted by Crippen LogP contribution is -2.63. The van der Waals surface area contributed by atoms with Gasteiger partial charge in [-0.15, -0.1) is 0 Å². The van der Waals surface area contributed by atoms with Crippen molar-refractivity contribution in [3.05, 3.63) is 24.3 Å². The molecule has 0 amide bonds. The number of carbonyl (C=O) groups is 4. The zero-order chi connectivity index (χ0) is 23.8. The van der Waals surface area contributed by atoms with Crippen LogP contribution in [0.5, 0.6) is 11.5 Å². The third-order valence-corrected chi connectivity index (χ3v) is 4.26. The van der Waals surface area contributed by atoms with Gasteiger partial charge in [0.05, 0.1) is 7.11 Å². The molecule has 11 nitrogen and oxygen atoms in total. The SMILES string of the molecule is COc1ccc(O[C@@H]2O[C@H](COC(C)=O)[C@@H](OC(C)=O)[C@H](OC(C)=O)[C@@H]2OC(C)=O)cc1. The first-order valence-corrected chi connectivity index (χ1v) is 9.72. The molecule has 176 valence electrons. The highest BCUT2D eigenvalue weighted by Gasteiger charge is 2.53. The van der Waals surface area contributed by atoms with E-state index < -0.39 is 54.6 Å². The Labute approximate surface area is 184 Å². The van der Waals surface area contributed by atoms with Gasteiger partial charge in [-0.2, -0.15) is 0 Å². The Hall–Kier alpha value is -3.34. The van der Waals surface area contributed by atoms with Crippen LogP contribution in [0.15, 0.2) is 24.3 Å². The molecule has 32 heavy (non-hydrogen) atoms. The summed E-state index contributed by atoms with van der Waals surface area (Å²) in [6.07, 6.45) is -6.20. The minimum absolute atomic E-state index is 0.326. The molecule has 0 unspecified atom stereocenters. The molecule has 1 aromatic carbocycles. The standard InChI is InChI=1S/C21H26O11/c1-11(22)27-10-17-18(28-12(2)23)19(29-13(3)24)20(30-14(4)25)21(32-17)31-16-8-6-15(26-5)7-9-16/h6-9,17-21H,10H2,1-5H3/t17-,18-,19+,20+,21-/m1/s1. The molecule has 0 spiro atoms. The molecule has 0 aliphatic carbocycles. The molecule has 2 rings (SSSR count). The van der Waals surface area contributed by atoms with Crippen LogP contribution >= 0.6 is 0 Å². The largest absolute Gasteiger partial charge is 0.497 e. The predicted molar refractivity (Wildman–Crippen MR) is 106 cm³/mol. The molecule has 1 aromatic rings. The van der Waals surface area contributed by atoms with E-state index in [0.717, 1.165) is 20.8 Å². The number of hydrogen-bond acceptors (Lipinski definition) is 11. The van der Waals surface area contributed by atoms with Gasteiger partial charge in [-0.25, -0.2) is 0 Å². The van der Waals surface area contributed by atoms with Crippen molar-refractivity contribution in [1.29, 1.82) is 0 Å². The fourth-order valence-electron chi connectivity index (χ4n) is 3.07. The molecule has 0 radical (unpaired) electrons. The van der Waals surface area contributed by atoms with Crippen LogP contribution in [0.4, 0.5) is 0 Å². The lowest BCUT2D eigenvalue weighted by molar-refractivity contribution is -0.288. The van der Waals surface area contributed by atoms with Gasteiger partial charge in [-0.1, -0.05) is 0 Å². The predicted octanol–water partition coefficient (Wildman–Crippen LogP) is 1.16. The van der Waals surface area contributed by atoms with Crippen LogP contribution in [0.2, 0.25) is 0 Å². The van der Waals surface area contributed by atoms with Crippen molar-refractivity contribution in [3.8, 4) is 11.5 Å². The van der Waals surface area contributed by atoms with Crippen LogP contribution in [0.3, 0.4) is 0 Å². The normalized spacial score (nSPS) is 24.6. The van der Waals surface area contributed by atoms with Crippen molar-refractivity contribution in [2.45, 2.75) is 58.4 Å². The van der Waals surface area contributed by atoms with Crippen molar-refractivity contribution >= 4 is 23.9 Å². The third kappa shape index (κ3) is 7.12. The second kappa shape index (κ2) is 11.3. The smallest absolute Gasteiger partial charge is 0.303 e. The number of rotatable bonds is 8. The molecule has 5 atom stereocenters. The Bertz CT molecular complexity index is 820. The van der Waals surface area contributed by atoms with E-state index in [1.807, 2.05) is 0 Å². The van der Waals surface area contributed by atoms with E-state index in [9.17, 15) is 19.2 Å². The third-order valence-electron chi connectivity index (χ3n) is 4.26. The minimum atomic E-state index is -1.29. The van der Waals surface area contributed by atoms with E-state index in [0.29, 0.717) is 11.5 Å². The fraction of sp³-hybridized carbons (Fsp3) is 0.524. The van der Waals surface area contributed by atoms with Crippen LogP contribution in [-0.4, -0.2) is 68.3 Å². The van der Waals surface area contributed by atoms with E-state index in [1.165, 1.54) is 14.0 Å². The zero-order valence-corrected chi connectivity index (χ0v) is 18.4. The highest BCUT2D eigenvalue weighted by Crippen LogP contribution is 2.31. The molecule has 1 fully saturated rings. The number of esters is 4. The van der Waals surface area contributed by atoms with Crippen molar-refractivity contribution in [2.24, 2.45) is 0 Å². The van der Waals surface area contributed by atoms with Crippen molar-refractivity contribution < 1.29 is 52.3 Å². The van der Waals surface area contributed by atoms with E-state index in [4.69, 9.17) is 33.2 Å². The molecular weight excluding hydrogens is 428 g/mol. The first-order valence-electron chi connectivity index (χ1n) is 9.72. The zero-order valence-electron chi connectivity index (χ0n) is 18.4. The van der Waals surface area contributed by atoms with Crippen molar-refractivity contribution in [1.82, 2.24) is 0 Å². The first kappa shape index (κ1) is 24.9. The Morgan fingerprint density at radius 2 is 1.25 bits per heavy atom. The average Bonchev–Trinajstić information content (AvgIpc) is 2.70. The topological polar surface area (TPSA) is 133 Å². The van der Waals surface area contributed by atoms with Gasteiger partial charge < -0.3 is 33.2 Å². The summed E-state index contributed by atoms with van der Waals surface area (Å²) >= 11 is 0. The molecule has 1 heterocycles. The summed E-state index contributed by atoms with van der Waals surface area (Å²) in [4.78, 5) is 46.6. The second-order valence-corrected chi connectivity index (χ2v) is 6.86. The van der Waals surface area contributed by atoms with Gasteiger partial charge in [0.15, 0.2) is 12.2 Å². The molecule has 0 N–H and O–H groups in total. The molecule has 1 saturated heterocycles. The summed E-state index contributed by atoms with van der Waals surface area (Å²) in [6.45, 7) is 4.31. The van der Waals surface area contributed by atoms with Crippen LogP contribution in [-0.2, 0) is 42.9 Å². The van der Waals surface area contributed by atoms with E-state index in [-0.39, 0.29) is 6.61 Å². The number of carbonyl (C=O) groups excluding carboxylic acids is 4. The molecule has 1 aliphatic heterocycles. The highest BCUT2D eigenvalue weighted by molar-refractivity contribution is 5.68. The van der Waals surface area contributed by atoms with Crippen LogP contribution in [0.25, 0.3) is 0 Å². The average molecular weight is 454 g/mol. The lowest BCUT2D eigenvalue weighted by Gasteiger charge is -2.43. The number of methoxy groups -OCH3 is 1. The van der Waals surface area contributed by atoms with Gasteiger partial charge >= 0.3 is 23.9 Å². The Kier molecular flexibility index (Phi) is 8.82. The minimum Gasteiger partial charge on any atom is -0.497 e. The molecule has 0 saturated carbocycles. The maximum Gasteiger partial charge on any atom is 0.303 e.